The van der Waals surface area contributed by atoms with Crippen molar-refractivity contribution >= 4 is 28.4 Å². The van der Waals surface area contributed by atoms with Gasteiger partial charge in [0.15, 0.2) is 0 Å². The first kappa shape index (κ1) is 18.1. The van der Waals surface area contributed by atoms with Gasteiger partial charge in [-0.2, -0.15) is 0 Å². The van der Waals surface area contributed by atoms with Gasteiger partial charge < -0.3 is 5.32 Å². The molecule has 26 heavy (non-hydrogen) atoms. The smallest absolute Gasteiger partial charge is 0.277 e. The van der Waals surface area contributed by atoms with Gasteiger partial charge in [0.2, 0.25) is 5.91 Å². The minimum absolute atomic E-state index is 0.124. The second-order valence-electron chi connectivity index (χ2n) is 5.97. The van der Waals surface area contributed by atoms with Crippen LogP contribution >= 0.6 is 11.6 Å². The minimum atomic E-state index is -0.245. The normalized spacial score (nSPS) is 12.1. The van der Waals surface area contributed by atoms with Crippen LogP contribution in [0.15, 0.2) is 53.3 Å². The zero-order valence-electron chi connectivity index (χ0n) is 14.4. The Kier molecular flexibility index (Phi) is 5.63. The summed E-state index contributed by atoms with van der Waals surface area (Å²) in [4.78, 5) is 24.7. The molecular formula is C19H19ClN4O2. The van der Waals surface area contributed by atoms with E-state index in [1.807, 2.05) is 25.1 Å². The van der Waals surface area contributed by atoms with Gasteiger partial charge in [0.05, 0.1) is 18.0 Å². The predicted octanol–water partition coefficient (Wildman–Crippen LogP) is 3.10. The number of fused-ring (bicyclic) bond motifs is 1. The fraction of sp³-hybridized carbons (Fsp3) is 0.263. The lowest BCUT2D eigenvalue weighted by Gasteiger charge is -2.17. The standard InChI is InChI=1S/C19H19ClN4O2/c1-2-16(13-6-5-7-14(20)12-13)21-18(25)10-11-24-19(26)15-8-3-4-9-17(15)22-23-24/h3-9,12,16H,2,10-11H2,1H3,(H,21,25). The van der Waals surface area contributed by atoms with Crippen molar-refractivity contribution < 1.29 is 4.79 Å². The zero-order chi connectivity index (χ0) is 18.5. The molecule has 1 amide bonds. The van der Waals surface area contributed by atoms with E-state index in [-0.39, 0.29) is 30.5 Å². The number of hydrogen-bond donors (Lipinski definition) is 1. The summed E-state index contributed by atoms with van der Waals surface area (Å²) in [5.41, 5.74) is 1.26. The summed E-state index contributed by atoms with van der Waals surface area (Å²) in [5.74, 6) is -0.154. The summed E-state index contributed by atoms with van der Waals surface area (Å²) in [5, 5.41) is 12.0. The van der Waals surface area contributed by atoms with Gasteiger partial charge in [-0.05, 0) is 36.2 Å². The Morgan fingerprint density at radius 1 is 1.23 bits per heavy atom. The Bertz CT molecular complexity index is 986. The van der Waals surface area contributed by atoms with Crippen LogP contribution in [-0.4, -0.2) is 20.9 Å². The molecule has 0 saturated heterocycles. The predicted molar refractivity (Wildman–Crippen MR) is 101 cm³/mol. The quantitative estimate of drug-likeness (QED) is 0.723. The van der Waals surface area contributed by atoms with E-state index in [4.69, 9.17) is 11.6 Å². The van der Waals surface area contributed by atoms with Crippen LogP contribution in [0.5, 0.6) is 0 Å². The molecule has 1 unspecified atom stereocenters. The summed E-state index contributed by atoms with van der Waals surface area (Å²) in [7, 11) is 0. The summed E-state index contributed by atoms with van der Waals surface area (Å²) >= 11 is 6.02. The summed E-state index contributed by atoms with van der Waals surface area (Å²) in [6.45, 7) is 2.17. The number of hydrogen-bond acceptors (Lipinski definition) is 4. The molecule has 0 radical (unpaired) electrons. The van der Waals surface area contributed by atoms with Crippen LogP contribution in [0.2, 0.25) is 5.02 Å². The molecule has 3 aromatic rings. The van der Waals surface area contributed by atoms with Crippen molar-refractivity contribution in [1.82, 2.24) is 20.3 Å². The lowest BCUT2D eigenvalue weighted by Crippen LogP contribution is -2.31. The Morgan fingerprint density at radius 2 is 2.04 bits per heavy atom. The van der Waals surface area contributed by atoms with Gasteiger partial charge in [-0.25, -0.2) is 4.68 Å². The van der Waals surface area contributed by atoms with Crippen LogP contribution in [-0.2, 0) is 11.3 Å². The fourth-order valence-corrected chi connectivity index (χ4v) is 2.99. The zero-order valence-corrected chi connectivity index (χ0v) is 15.1. The lowest BCUT2D eigenvalue weighted by molar-refractivity contribution is -0.122. The molecule has 0 aliphatic carbocycles. The molecule has 0 saturated carbocycles. The van der Waals surface area contributed by atoms with Gasteiger partial charge in [-0.15, -0.1) is 5.10 Å². The molecule has 134 valence electrons. The molecule has 3 rings (SSSR count). The molecule has 0 fully saturated rings. The van der Waals surface area contributed by atoms with Crippen LogP contribution in [0.25, 0.3) is 10.9 Å². The fourth-order valence-electron chi connectivity index (χ4n) is 2.79. The molecule has 0 spiro atoms. The highest BCUT2D eigenvalue weighted by atomic mass is 35.5. The van der Waals surface area contributed by atoms with Gasteiger partial charge in [0.1, 0.15) is 5.52 Å². The summed E-state index contributed by atoms with van der Waals surface area (Å²) in [6.07, 6.45) is 0.881. The largest absolute Gasteiger partial charge is 0.349 e. The molecule has 6 nitrogen and oxygen atoms in total. The maximum Gasteiger partial charge on any atom is 0.277 e. The molecule has 0 bridgehead atoms. The molecular weight excluding hydrogens is 352 g/mol. The summed E-state index contributed by atoms with van der Waals surface area (Å²) < 4.78 is 1.22. The van der Waals surface area contributed by atoms with Crippen molar-refractivity contribution in [2.75, 3.05) is 0 Å². The average molecular weight is 371 g/mol. The Labute approximate surface area is 155 Å². The third-order valence-corrected chi connectivity index (χ3v) is 4.41. The van der Waals surface area contributed by atoms with E-state index >= 15 is 0 Å². The van der Waals surface area contributed by atoms with Gasteiger partial charge in [-0.3, -0.25) is 9.59 Å². The highest BCUT2D eigenvalue weighted by Gasteiger charge is 2.14. The van der Waals surface area contributed by atoms with Crippen LogP contribution < -0.4 is 10.9 Å². The van der Waals surface area contributed by atoms with Gasteiger partial charge in [0, 0.05) is 11.4 Å². The number of rotatable bonds is 6. The number of carbonyl (C=O) groups is 1. The van der Waals surface area contributed by atoms with Gasteiger partial charge >= 0.3 is 0 Å². The van der Waals surface area contributed by atoms with E-state index in [2.05, 4.69) is 15.6 Å². The Hall–Kier alpha value is -2.73. The molecule has 0 aliphatic heterocycles. The SMILES string of the molecule is CCC(NC(=O)CCn1nnc2ccccc2c1=O)c1cccc(Cl)c1. The number of nitrogens with zero attached hydrogens (tertiary/aromatic N) is 3. The number of benzene rings is 2. The van der Waals surface area contributed by atoms with Gasteiger partial charge in [0.25, 0.3) is 5.56 Å². The van der Waals surface area contributed by atoms with Crippen molar-refractivity contribution in [3.63, 3.8) is 0 Å². The number of carbonyl (C=O) groups excluding carboxylic acids is 1. The van der Waals surface area contributed by atoms with E-state index in [1.54, 1.807) is 30.3 Å². The van der Waals surface area contributed by atoms with E-state index in [1.165, 1.54) is 4.68 Å². The second-order valence-corrected chi connectivity index (χ2v) is 6.40. The highest BCUT2D eigenvalue weighted by Crippen LogP contribution is 2.20. The van der Waals surface area contributed by atoms with Crippen molar-refractivity contribution in [2.24, 2.45) is 0 Å². The van der Waals surface area contributed by atoms with Gasteiger partial charge in [-0.1, -0.05) is 48.0 Å². The van der Waals surface area contributed by atoms with Crippen molar-refractivity contribution in [1.29, 1.82) is 0 Å². The Balaban J connectivity index is 1.67. The average Bonchev–Trinajstić information content (AvgIpc) is 2.66. The minimum Gasteiger partial charge on any atom is -0.349 e. The number of nitrogens with one attached hydrogen (secondary N) is 1. The van der Waals surface area contributed by atoms with E-state index in [0.717, 1.165) is 12.0 Å². The van der Waals surface area contributed by atoms with Crippen molar-refractivity contribution in [3.8, 4) is 0 Å². The molecule has 1 aromatic heterocycles. The number of aromatic nitrogens is 3. The maximum absolute atomic E-state index is 12.4. The monoisotopic (exact) mass is 370 g/mol. The number of halogens is 1. The molecule has 7 heteroatoms. The van der Waals surface area contributed by atoms with Crippen molar-refractivity contribution in [3.05, 3.63) is 69.5 Å². The third kappa shape index (κ3) is 4.08. The number of amides is 1. The van der Waals surface area contributed by atoms with E-state index < -0.39 is 0 Å². The maximum atomic E-state index is 12.4. The van der Waals surface area contributed by atoms with Crippen LogP contribution in [0.4, 0.5) is 0 Å². The molecule has 1 heterocycles. The third-order valence-electron chi connectivity index (χ3n) is 4.17. The molecule has 0 aliphatic rings. The van der Waals surface area contributed by atoms with Crippen LogP contribution in [0.3, 0.4) is 0 Å². The molecule has 1 N–H and O–H groups in total. The lowest BCUT2D eigenvalue weighted by atomic mass is 10.0. The Morgan fingerprint density at radius 3 is 2.81 bits per heavy atom. The summed E-state index contributed by atoms with van der Waals surface area (Å²) in [6, 6.07) is 14.3. The van der Waals surface area contributed by atoms with Crippen LogP contribution in [0.1, 0.15) is 31.4 Å². The van der Waals surface area contributed by atoms with E-state index in [0.29, 0.717) is 15.9 Å². The molecule has 2 aromatic carbocycles. The second kappa shape index (κ2) is 8.10. The van der Waals surface area contributed by atoms with E-state index in [9.17, 15) is 9.59 Å². The first-order valence-corrected chi connectivity index (χ1v) is 8.83. The molecule has 1 atom stereocenters. The highest BCUT2D eigenvalue weighted by molar-refractivity contribution is 6.30. The number of aryl methyl sites for hydroxylation is 1. The van der Waals surface area contributed by atoms with Crippen molar-refractivity contribution in [2.45, 2.75) is 32.4 Å². The van der Waals surface area contributed by atoms with Crippen LogP contribution in [0, 0.1) is 0 Å². The topological polar surface area (TPSA) is 76.9 Å². The first-order valence-electron chi connectivity index (χ1n) is 8.46. The first-order chi connectivity index (χ1) is 12.6.